The first-order valence-electron chi connectivity index (χ1n) is 12.9. The number of carboxylic acid groups (broad SMARTS) is 1. The van der Waals surface area contributed by atoms with Crippen LogP contribution in [0.5, 0.6) is 0 Å². The molecule has 0 bridgehead atoms. The van der Waals surface area contributed by atoms with Gasteiger partial charge in [-0.2, -0.15) is 4.98 Å². The van der Waals surface area contributed by atoms with Gasteiger partial charge in [0.2, 0.25) is 5.82 Å². The van der Waals surface area contributed by atoms with Gasteiger partial charge in [-0.25, -0.2) is 0 Å². The maximum absolute atomic E-state index is 11.8. The van der Waals surface area contributed by atoms with Gasteiger partial charge in [-0.3, -0.25) is 4.79 Å². The molecule has 2 aliphatic rings. The van der Waals surface area contributed by atoms with Crippen LogP contribution in [0.2, 0.25) is 5.02 Å². The van der Waals surface area contributed by atoms with Crippen molar-refractivity contribution < 1.29 is 14.4 Å². The number of aryl methyl sites for hydroxylation is 1. The average Bonchev–Trinajstić information content (AvgIpc) is 3.61. The molecule has 2 atom stereocenters. The van der Waals surface area contributed by atoms with Crippen LogP contribution in [0.25, 0.3) is 33.7 Å². The second-order valence-corrected chi connectivity index (χ2v) is 10.9. The van der Waals surface area contributed by atoms with Crippen molar-refractivity contribution in [2.45, 2.75) is 39.8 Å². The normalized spacial score (nSPS) is 18.9. The smallest absolute Gasteiger partial charge is 0.308 e. The van der Waals surface area contributed by atoms with E-state index in [1.165, 1.54) is 0 Å². The van der Waals surface area contributed by atoms with Gasteiger partial charge in [-0.1, -0.05) is 47.1 Å². The van der Waals surface area contributed by atoms with Gasteiger partial charge in [0.1, 0.15) is 0 Å². The molecule has 2 unspecified atom stereocenters. The van der Waals surface area contributed by atoms with Gasteiger partial charge in [0, 0.05) is 59.0 Å². The number of hydrogen-bond donors (Lipinski definition) is 1. The maximum atomic E-state index is 11.8. The summed E-state index contributed by atoms with van der Waals surface area (Å²) in [7, 11) is 0. The first kappa shape index (κ1) is 24.5. The molecule has 194 valence electrons. The Labute approximate surface area is 226 Å². The molecule has 1 aliphatic carbocycles. The zero-order valence-corrected chi connectivity index (χ0v) is 22.3. The number of aromatic nitrogens is 3. The van der Waals surface area contributed by atoms with Crippen molar-refractivity contribution in [2.75, 3.05) is 6.54 Å². The van der Waals surface area contributed by atoms with Crippen LogP contribution in [-0.2, 0) is 11.3 Å². The van der Waals surface area contributed by atoms with E-state index in [0.29, 0.717) is 35.9 Å². The molecule has 1 N–H and O–H groups in total. The largest absolute Gasteiger partial charge is 0.481 e. The molecule has 2 aromatic carbocycles. The van der Waals surface area contributed by atoms with Gasteiger partial charge in [0.15, 0.2) is 0 Å². The Morgan fingerprint density at radius 2 is 2.08 bits per heavy atom. The minimum absolute atomic E-state index is 0.0497. The molecule has 0 spiro atoms. The summed E-state index contributed by atoms with van der Waals surface area (Å²) in [5.74, 6) is -0.0748. The highest BCUT2D eigenvalue weighted by Gasteiger charge is 2.41. The summed E-state index contributed by atoms with van der Waals surface area (Å²) in [5, 5.41) is 15.6. The van der Waals surface area contributed by atoms with Gasteiger partial charge in [0.25, 0.3) is 5.89 Å². The van der Waals surface area contributed by atoms with Gasteiger partial charge in [-0.15, -0.1) is 0 Å². The molecule has 8 heteroatoms. The fourth-order valence-corrected chi connectivity index (χ4v) is 6.00. The molecule has 6 rings (SSSR count). The van der Waals surface area contributed by atoms with Crippen LogP contribution in [0.1, 0.15) is 37.4 Å². The SMILES string of the molecule is Cc1cc(CN2CC(C(=O)O)C3CC=CC=C32)ccc1-c1noc(-c2ccc3c(c2)c(Cl)cn3C(C)C)n1. The third-order valence-corrected chi connectivity index (χ3v) is 7.98. The van der Waals surface area contributed by atoms with Crippen molar-refractivity contribution >= 4 is 28.5 Å². The lowest BCUT2D eigenvalue weighted by molar-refractivity contribution is -0.142. The van der Waals surface area contributed by atoms with Crippen molar-refractivity contribution in [1.29, 1.82) is 0 Å². The first-order chi connectivity index (χ1) is 18.3. The number of benzene rings is 2. The summed E-state index contributed by atoms with van der Waals surface area (Å²) in [4.78, 5) is 18.7. The number of rotatable bonds is 6. The number of likely N-dealkylation sites (tertiary alicyclic amines) is 1. The van der Waals surface area contributed by atoms with E-state index in [1.807, 2.05) is 43.5 Å². The summed E-state index contributed by atoms with van der Waals surface area (Å²) >= 11 is 6.51. The molecule has 3 heterocycles. The molecule has 0 saturated carbocycles. The standard InChI is InChI=1S/C30H29ClN4O3/c1-17(2)35-16-25(31)23-13-20(9-11-27(23)35)29-32-28(33-38-29)21-10-8-19(12-18(21)3)14-34-15-24(30(36)37)22-6-4-5-7-26(22)34/h4-5,7-13,16-17,22,24H,6,14-15H2,1-3H3,(H,36,37). The van der Waals surface area contributed by atoms with E-state index in [1.54, 1.807) is 0 Å². The molecule has 1 aliphatic heterocycles. The summed E-state index contributed by atoms with van der Waals surface area (Å²) in [6, 6.07) is 12.5. The number of allylic oxidation sites excluding steroid dienone is 4. The van der Waals surface area contributed by atoms with Crippen LogP contribution in [-0.4, -0.2) is 37.2 Å². The van der Waals surface area contributed by atoms with Crippen molar-refractivity contribution in [2.24, 2.45) is 11.8 Å². The maximum Gasteiger partial charge on any atom is 0.308 e. The molecule has 0 radical (unpaired) electrons. The topological polar surface area (TPSA) is 84.4 Å². The van der Waals surface area contributed by atoms with Crippen LogP contribution in [0, 0.1) is 18.8 Å². The third kappa shape index (κ3) is 4.21. The van der Waals surface area contributed by atoms with Crippen molar-refractivity contribution in [1.82, 2.24) is 19.6 Å². The molecule has 7 nitrogen and oxygen atoms in total. The van der Waals surface area contributed by atoms with Crippen LogP contribution >= 0.6 is 11.6 Å². The quantitative estimate of drug-likeness (QED) is 0.294. The number of carboxylic acids is 1. The minimum Gasteiger partial charge on any atom is -0.481 e. The van der Waals surface area contributed by atoms with Crippen LogP contribution in [0.15, 0.2) is 71.0 Å². The Morgan fingerprint density at radius 1 is 1.24 bits per heavy atom. The van der Waals surface area contributed by atoms with Crippen LogP contribution in [0.3, 0.4) is 0 Å². The first-order valence-corrected chi connectivity index (χ1v) is 13.3. The summed E-state index contributed by atoms with van der Waals surface area (Å²) in [5.41, 5.74) is 6.05. The number of fused-ring (bicyclic) bond motifs is 2. The summed E-state index contributed by atoms with van der Waals surface area (Å²) < 4.78 is 7.80. The fraction of sp³-hybridized carbons (Fsp3) is 0.300. The predicted molar refractivity (Wildman–Crippen MR) is 148 cm³/mol. The number of nitrogens with zero attached hydrogens (tertiary/aromatic N) is 4. The molecule has 0 amide bonds. The highest BCUT2D eigenvalue weighted by Crippen LogP contribution is 2.39. The summed E-state index contributed by atoms with van der Waals surface area (Å²) in [6.45, 7) is 7.47. The zero-order chi connectivity index (χ0) is 26.6. The van der Waals surface area contributed by atoms with Gasteiger partial charge < -0.3 is 19.1 Å². The second-order valence-electron chi connectivity index (χ2n) is 10.5. The van der Waals surface area contributed by atoms with E-state index in [9.17, 15) is 9.90 Å². The van der Waals surface area contributed by atoms with Crippen LogP contribution in [0.4, 0.5) is 0 Å². The number of hydrogen-bond acceptors (Lipinski definition) is 5. The van der Waals surface area contributed by atoms with Gasteiger partial charge in [-0.05, 0) is 62.6 Å². The Kier molecular flexibility index (Phi) is 6.11. The number of carbonyl (C=O) groups is 1. The average molecular weight is 529 g/mol. The zero-order valence-electron chi connectivity index (χ0n) is 21.6. The molecule has 2 aromatic heterocycles. The van der Waals surface area contributed by atoms with E-state index in [2.05, 4.69) is 57.7 Å². The highest BCUT2D eigenvalue weighted by atomic mass is 35.5. The van der Waals surface area contributed by atoms with E-state index in [-0.39, 0.29) is 11.8 Å². The Morgan fingerprint density at radius 3 is 2.84 bits per heavy atom. The minimum atomic E-state index is -0.725. The Bertz CT molecular complexity index is 1610. The number of halogens is 1. The van der Waals surface area contributed by atoms with Crippen molar-refractivity contribution in [3.05, 3.63) is 82.7 Å². The van der Waals surface area contributed by atoms with Crippen LogP contribution < -0.4 is 0 Å². The fourth-order valence-electron chi connectivity index (χ4n) is 5.74. The molecule has 38 heavy (non-hydrogen) atoms. The molecule has 1 saturated heterocycles. The number of aliphatic carboxylic acids is 1. The molecule has 4 aromatic rings. The monoisotopic (exact) mass is 528 g/mol. The lowest BCUT2D eigenvalue weighted by atomic mass is 9.88. The predicted octanol–water partition coefficient (Wildman–Crippen LogP) is 6.88. The van der Waals surface area contributed by atoms with Gasteiger partial charge in [0.05, 0.1) is 10.9 Å². The van der Waals surface area contributed by atoms with Gasteiger partial charge >= 0.3 is 5.97 Å². The van der Waals surface area contributed by atoms with Crippen molar-refractivity contribution in [3.63, 3.8) is 0 Å². The molecular weight excluding hydrogens is 500 g/mol. The highest BCUT2D eigenvalue weighted by molar-refractivity contribution is 6.35. The van der Waals surface area contributed by atoms with E-state index < -0.39 is 5.97 Å². The Hall–Kier alpha value is -3.84. The summed E-state index contributed by atoms with van der Waals surface area (Å²) in [6.07, 6.45) is 8.87. The Balaban J connectivity index is 1.24. The lowest BCUT2D eigenvalue weighted by Crippen LogP contribution is -2.23. The lowest BCUT2D eigenvalue weighted by Gasteiger charge is -2.23. The van der Waals surface area contributed by atoms with E-state index in [0.717, 1.165) is 45.3 Å². The molecular formula is C30H29ClN4O3. The third-order valence-electron chi connectivity index (χ3n) is 7.68. The molecule has 1 fully saturated rings. The van der Waals surface area contributed by atoms with E-state index >= 15 is 0 Å². The second kappa shape index (κ2) is 9.48. The van der Waals surface area contributed by atoms with E-state index in [4.69, 9.17) is 16.1 Å². The van der Waals surface area contributed by atoms with Crippen molar-refractivity contribution in [3.8, 4) is 22.8 Å².